The first-order valence-electron chi connectivity index (χ1n) is 13.8. The van der Waals surface area contributed by atoms with Gasteiger partial charge in [0.2, 0.25) is 16.0 Å². The molecule has 0 atom stereocenters. The molecule has 11 heteroatoms. The molecule has 0 saturated carbocycles. The maximum atomic E-state index is 13.9. The summed E-state index contributed by atoms with van der Waals surface area (Å²) >= 11 is 0. The van der Waals surface area contributed by atoms with Crippen LogP contribution in [0.15, 0.2) is 65.7 Å². The van der Waals surface area contributed by atoms with E-state index < -0.39 is 10.0 Å². The molecular weight excluding hydrogens is 552 g/mol. The molecule has 2 heterocycles. The van der Waals surface area contributed by atoms with Gasteiger partial charge in [0, 0.05) is 18.5 Å². The van der Waals surface area contributed by atoms with Crippen LogP contribution in [0.3, 0.4) is 0 Å². The molecule has 0 bridgehead atoms. The normalized spacial score (nSPS) is 11.3. The van der Waals surface area contributed by atoms with Crippen LogP contribution < -0.4 is 15.0 Å². The van der Waals surface area contributed by atoms with Crippen molar-refractivity contribution in [2.75, 3.05) is 19.4 Å². The van der Waals surface area contributed by atoms with Crippen molar-refractivity contribution in [3.05, 3.63) is 99.5 Å². The van der Waals surface area contributed by atoms with Crippen molar-refractivity contribution >= 4 is 10.0 Å². The Morgan fingerprint density at radius 1 is 1.05 bits per heavy atom. The van der Waals surface area contributed by atoms with Gasteiger partial charge in [0.15, 0.2) is 5.75 Å². The van der Waals surface area contributed by atoms with E-state index in [-0.39, 0.29) is 24.7 Å². The lowest BCUT2D eigenvalue weighted by molar-refractivity contribution is 0.309. The molecule has 4 rings (SSSR count). The Hall–Kier alpha value is -4.40. The molecule has 1 N–H and O–H groups in total. The van der Waals surface area contributed by atoms with Crippen molar-refractivity contribution in [2.45, 2.75) is 46.0 Å². The largest absolute Gasteiger partial charge is 0.490 e. The number of aryl methyl sites for hydroxylation is 2. The predicted octanol–water partition coefficient (Wildman–Crippen LogP) is 4.12. The Balaban J connectivity index is 1.57. The number of nitrogens with zero attached hydrogens (tertiary/aromatic N) is 5. The van der Waals surface area contributed by atoms with Gasteiger partial charge in [-0.1, -0.05) is 55.8 Å². The fraction of sp³-hybridized carbons (Fsp3) is 0.323. The molecule has 0 aliphatic carbocycles. The Morgan fingerprint density at radius 3 is 2.43 bits per heavy atom. The van der Waals surface area contributed by atoms with Crippen LogP contribution in [0.1, 0.15) is 54.4 Å². The highest BCUT2D eigenvalue weighted by Gasteiger charge is 2.18. The number of benzene rings is 2. The minimum absolute atomic E-state index is 0.197. The fourth-order valence-corrected chi connectivity index (χ4v) is 5.06. The summed E-state index contributed by atoms with van der Waals surface area (Å²) in [5, 5.41) is 9.47. The van der Waals surface area contributed by atoms with E-state index in [1.54, 1.807) is 13.0 Å². The molecule has 0 saturated heterocycles. The van der Waals surface area contributed by atoms with Crippen LogP contribution in [0.5, 0.6) is 5.75 Å². The van der Waals surface area contributed by atoms with Gasteiger partial charge in [-0.3, -0.25) is 4.79 Å². The van der Waals surface area contributed by atoms with Crippen molar-refractivity contribution in [3.8, 4) is 28.9 Å². The number of aromatic nitrogens is 4. The SMILES string of the molecule is CCCCc1nc(C)n(-c2ncc(OCCCNS(C)(=O)=O)cn2)c(=O)c1Cc1ccc(-c2ccccc2C#N)cc1. The van der Waals surface area contributed by atoms with Gasteiger partial charge in [-0.15, -0.1) is 0 Å². The number of sulfonamides is 1. The third kappa shape index (κ3) is 7.87. The number of ether oxygens (including phenoxy) is 1. The smallest absolute Gasteiger partial charge is 0.264 e. The molecule has 218 valence electrons. The number of unbranched alkanes of at least 4 members (excludes halogenated alkanes) is 1. The van der Waals surface area contributed by atoms with Crippen LogP contribution in [-0.4, -0.2) is 47.3 Å². The third-order valence-corrected chi connectivity index (χ3v) is 7.39. The highest BCUT2D eigenvalue weighted by atomic mass is 32.2. The van der Waals surface area contributed by atoms with Gasteiger partial charge in [-0.2, -0.15) is 5.26 Å². The van der Waals surface area contributed by atoms with Crippen molar-refractivity contribution in [3.63, 3.8) is 0 Å². The maximum Gasteiger partial charge on any atom is 0.264 e. The second-order valence-electron chi connectivity index (χ2n) is 9.95. The van der Waals surface area contributed by atoms with Crippen molar-refractivity contribution in [2.24, 2.45) is 0 Å². The van der Waals surface area contributed by atoms with E-state index in [2.05, 4.69) is 27.7 Å². The first-order chi connectivity index (χ1) is 20.2. The van der Waals surface area contributed by atoms with Crippen LogP contribution in [0.4, 0.5) is 0 Å². The third-order valence-electron chi connectivity index (χ3n) is 6.66. The Kier molecular flexibility index (Phi) is 10.2. The maximum absolute atomic E-state index is 13.9. The summed E-state index contributed by atoms with van der Waals surface area (Å²) in [7, 11) is -3.24. The van der Waals surface area contributed by atoms with Gasteiger partial charge in [0.25, 0.3) is 5.56 Å². The average molecular weight is 587 g/mol. The van der Waals surface area contributed by atoms with Crippen LogP contribution >= 0.6 is 0 Å². The van der Waals surface area contributed by atoms with Gasteiger partial charge in [0.1, 0.15) is 5.82 Å². The Labute approximate surface area is 246 Å². The van der Waals surface area contributed by atoms with Gasteiger partial charge in [-0.25, -0.2) is 32.7 Å². The average Bonchev–Trinajstić information content (AvgIpc) is 2.98. The molecule has 4 aromatic rings. The summed E-state index contributed by atoms with van der Waals surface area (Å²) in [6.45, 7) is 4.42. The number of nitrogens with one attached hydrogen (secondary N) is 1. The second kappa shape index (κ2) is 14.0. The molecule has 0 aliphatic heterocycles. The molecule has 0 radical (unpaired) electrons. The first kappa shape index (κ1) is 30.6. The molecule has 0 fully saturated rings. The van der Waals surface area contributed by atoms with Crippen molar-refractivity contribution in [1.82, 2.24) is 24.2 Å². The van der Waals surface area contributed by atoms with E-state index in [0.29, 0.717) is 42.0 Å². The summed E-state index contributed by atoms with van der Waals surface area (Å²) < 4.78 is 31.8. The quantitative estimate of drug-likeness (QED) is 0.231. The Morgan fingerprint density at radius 2 is 1.76 bits per heavy atom. The van der Waals surface area contributed by atoms with E-state index in [0.717, 1.165) is 41.5 Å². The fourth-order valence-electron chi connectivity index (χ4n) is 4.54. The van der Waals surface area contributed by atoms with E-state index in [1.807, 2.05) is 42.5 Å². The molecule has 2 aromatic carbocycles. The number of rotatable bonds is 13. The highest BCUT2D eigenvalue weighted by Crippen LogP contribution is 2.24. The van der Waals surface area contributed by atoms with Gasteiger partial charge in [-0.05, 0) is 48.9 Å². The molecule has 42 heavy (non-hydrogen) atoms. The summed E-state index contributed by atoms with van der Waals surface area (Å²) in [6, 6.07) is 17.6. The summed E-state index contributed by atoms with van der Waals surface area (Å²) in [5.74, 6) is 1.11. The molecule has 10 nitrogen and oxygen atoms in total. The summed E-state index contributed by atoms with van der Waals surface area (Å²) in [5.41, 5.74) is 4.52. The molecule has 0 unspecified atom stereocenters. The van der Waals surface area contributed by atoms with Gasteiger partial charge < -0.3 is 4.74 Å². The standard InChI is InChI=1S/C31H34N6O4S/c1-4-5-11-29-28(18-23-12-14-24(15-13-23)27-10-7-6-9-25(27)19-32)30(38)37(22(2)36-29)31-33-20-26(21-34-31)41-17-8-16-35-42(3,39)40/h6-7,9-10,12-15,20-21,35H,4-5,8,11,16-18H2,1-3H3. The second-order valence-corrected chi connectivity index (χ2v) is 11.8. The zero-order chi connectivity index (χ0) is 30.1. The van der Waals surface area contributed by atoms with E-state index in [1.165, 1.54) is 17.0 Å². The molecule has 0 aliphatic rings. The number of nitriles is 1. The number of hydrogen-bond donors (Lipinski definition) is 1. The highest BCUT2D eigenvalue weighted by molar-refractivity contribution is 7.88. The van der Waals surface area contributed by atoms with Crippen molar-refractivity contribution in [1.29, 1.82) is 5.26 Å². The molecule has 0 spiro atoms. The van der Waals surface area contributed by atoms with Gasteiger partial charge >= 0.3 is 0 Å². The summed E-state index contributed by atoms with van der Waals surface area (Å²) in [4.78, 5) is 27.4. The Bertz CT molecular complexity index is 1730. The van der Waals surface area contributed by atoms with Crippen molar-refractivity contribution < 1.29 is 13.2 Å². The molecule has 2 aromatic heterocycles. The van der Waals surface area contributed by atoms with Crippen LogP contribution in [0.25, 0.3) is 17.1 Å². The van der Waals surface area contributed by atoms with E-state index >= 15 is 0 Å². The van der Waals surface area contributed by atoms with Crippen LogP contribution in [-0.2, 0) is 22.9 Å². The zero-order valence-corrected chi connectivity index (χ0v) is 24.8. The summed E-state index contributed by atoms with van der Waals surface area (Å²) in [6.07, 6.45) is 7.54. The molecular formula is C31H34N6O4S. The lowest BCUT2D eigenvalue weighted by Crippen LogP contribution is -2.29. The van der Waals surface area contributed by atoms with Crippen LogP contribution in [0.2, 0.25) is 0 Å². The topological polar surface area (TPSA) is 140 Å². The monoisotopic (exact) mass is 586 g/mol. The van der Waals surface area contributed by atoms with Gasteiger partial charge in [0.05, 0.1) is 42.6 Å². The minimum Gasteiger partial charge on any atom is -0.490 e. The lowest BCUT2D eigenvalue weighted by Gasteiger charge is -2.15. The van der Waals surface area contributed by atoms with E-state index in [9.17, 15) is 18.5 Å². The first-order valence-corrected chi connectivity index (χ1v) is 15.7. The minimum atomic E-state index is -3.24. The van der Waals surface area contributed by atoms with E-state index in [4.69, 9.17) is 9.72 Å². The number of hydrogen-bond acceptors (Lipinski definition) is 8. The van der Waals surface area contributed by atoms with Crippen LogP contribution in [0, 0.1) is 18.3 Å². The molecule has 0 amide bonds. The predicted molar refractivity (Wildman–Crippen MR) is 161 cm³/mol. The lowest BCUT2D eigenvalue weighted by atomic mass is 9.97. The zero-order valence-electron chi connectivity index (χ0n) is 24.0.